The lowest BCUT2D eigenvalue weighted by Gasteiger charge is -2.08. The lowest BCUT2D eigenvalue weighted by molar-refractivity contribution is 0.0953. The summed E-state index contributed by atoms with van der Waals surface area (Å²) < 4.78 is 0. The van der Waals surface area contributed by atoms with Crippen LogP contribution in [0.25, 0.3) is 0 Å². The Labute approximate surface area is 105 Å². The number of phenolic OH excluding ortho intramolecular Hbond substituents is 2. The second-order valence-corrected chi connectivity index (χ2v) is 4.01. The van der Waals surface area contributed by atoms with Gasteiger partial charge in [0.2, 0.25) is 0 Å². The van der Waals surface area contributed by atoms with E-state index < -0.39 is 6.10 Å². The van der Waals surface area contributed by atoms with E-state index in [0.717, 1.165) is 0 Å². The predicted molar refractivity (Wildman–Crippen MR) is 66.7 cm³/mol. The van der Waals surface area contributed by atoms with Crippen molar-refractivity contribution in [2.75, 3.05) is 19.6 Å². The third-order valence-corrected chi connectivity index (χ3v) is 2.26. The quantitative estimate of drug-likeness (QED) is 0.357. The normalized spacial score (nSPS) is 12.1. The van der Waals surface area contributed by atoms with Crippen molar-refractivity contribution < 1.29 is 20.1 Å². The second-order valence-electron chi connectivity index (χ2n) is 4.01. The Bertz CT molecular complexity index is 407. The molecule has 0 aliphatic carbocycles. The molecule has 1 atom stereocenters. The van der Waals surface area contributed by atoms with E-state index in [0.29, 0.717) is 19.6 Å². The van der Waals surface area contributed by atoms with Crippen LogP contribution in [-0.2, 0) is 0 Å². The first-order chi connectivity index (χ1) is 8.50. The molecule has 5 N–H and O–H groups in total. The zero-order chi connectivity index (χ0) is 13.5. The number of carbonyl (C=O) groups excluding carboxylic acids is 1. The highest BCUT2D eigenvalue weighted by atomic mass is 16.3. The van der Waals surface area contributed by atoms with Gasteiger partial charge >= 0.3 is 0 Å². The summed E-state index contributed by atoms with van der Waals surface area (Å²) in [5.41, 5.74) is 0.279. The molecule has 18 heavy (non-hydrogen) atoms. The van der Waals surface area contributed by atoms with E-state index in [1.165, 1.54) is 18.2 Å². The number of aliphatic hydroxyl groups excluding tert-OH is 1. The average molecular weight is 254 g/mol. The molecule has 0 spiro atoms. The zero-order valence-electron chi connectivity index (χ0n) is 10.2. The van der Waals surface area contributed by atoms with Gasteiger partial charge in [0.15, 0.2) is 11.5 Å². The number of nitrogens with one attached hydrogen (secondary N) is 2. The molecule has 1 aromatic carbocycles. The SMILES string of the molecule is CC(O)CNCCNC(=O)c1ccc(O)c(O)c1. The maximum absolute atomic E-state index is 11.6. The number of aliphatic hydroxyl groups is 1. The molecule has 0 aliphatic heterocycles. The molecular formula is C12H18N2O4. The van der Waals surface area contributed by atoms with Crippen LogP contribution >= 0.6 is 0 Å². The minimum Gasteiger partial charge on any atom is -0.504 e. The second kappa shape index (κ2) is 6.83. The van der Waals surface area contributed by atoms with E-state index in [4.69, 9.17) is 10.2 Å². The summed E-state index contributed by atoms with van der Waals surface area (Å²) in [5, 5.41) is 33.0. The molecule has 0 saturated carbocycles. The first-order valence-electron chi connectivity index (χ1n) is 5.69. The van der Waals surface area contributed by atoms with Crippen molar-refractivity contribution in [2.24, 2.45) is 0 Å². The summed E-state index contributed by atoms with van der Waals surface area (Å²) in [7, 11) is 0. The largest absolute Gasteiger partial charge is 0.504 e. The smallest absolute Gasteiger partial charge is 0.251 e. The minimum absolute atomic E-state index is 0.259. The molecule has 1 unspecified atom stereocenters. The number of hydrogen-bond acceptors (Lipinski definition) is 5. The van der Waals surface area contributed by atoms with Gasteiger partial charge in [0.05, 0.1) is 6.10 Å². The standard InChI is InChI=1S/C12H18N2O4/c1-8(15)7-13-4-5-14-12(18)9-2-3-10(16)11(17)6-9/h2-3,6,8,13,15-17H,4-5,7H2,1H3,(H,14,18). The Balaban J connectivity index is 2.34. The number of benzene rings is 1. The van der Waals surface area contributed by atoms with E-state index >= 15 is 0 Å². The lowest BCUT2D eigenvalue weighted by Crippen LogP contribution is -2.34. The molecule has 1 amide bonds. The topological polar surface area (TPSA) is 102 Å². The highest BCUT2D eigenvalue weighted by molar-refractivity contribution is 5.94. The molecule has 0 aromatic heterocycles. The van der Waals surface area contributed by atoms with Gasteiger partial charge in [-0.3, -0.25) is 4.79 Å². The fourth-order valence-electron chi connectivity index (χ4n) is 1.34. The van der Waals surface area contributed by atoms with Gasteiger partial charge < -0.3 is 26.0 Å². The third kappa shape index (κ3) is 4.60. The molecule has 0 saturated heterocycles. The van der Waals surface area contributed by atoms with Crippen LogP contribution in [0.1, 0.15) is 17.3 Å². The molecule has 6 nitrogen and oxygen atoms in total. The molecule has 1 rings (SSSR count). The Kier molecular flexibility index (Phi) is 5.41. The lowest BCUT2D eigenvalue weighted by atomic mass is 10.2. The van der Waals surface area contributed by atoms with Crippen molar-refractivity contribution in [3.8, 4) is 11.5 Å². The van der Waals surface area contributed by atoms with Gasteiger partial charge in [-0.15, -0.1) is 0 Å². The predicted octanol–water partition coefficient (Wildman–Crippen LogP) is -0.202. The van der Waals surface area contributed by atoms with Gasteiger partial charge in [0.1, 0.15) is 0 Å². The molecule has 0 radical (unpaired) electrons. The summed E-state index contributed by atoms with van der Waals surface area (Å²) in [4.78, 5) is 11.6. The van der Waals surface area contributed by atoms with Crippen molar-refractivity contribution >= 4 is 5.91 Å². The van der Waals surface area contributed by atoms with Gasteiger partial charge in [0.25, 0.3) is 5.91 Å². The van der Waals surface area contributed by atoms with E-state index in [9.17, 15) is 9.90 Å². The van der Waals surface area contributed by atoms with Gasteiger partial charge in [-0.1, -0.05) is 0 Å². The fraction of sp³-hybridized carbons (Fsp3) is 0.417. The molecule has 0 heterocycles. The Morgan fingerprint density at radius 1 is 1.28 bits per heavy atom. The maximum atomic E-state index is 11.6. The van der Waals surface area contributed by atoms with E-state index in [1.807, 2.05) is 0 Å². The average Bonchev–Trinajstić information content (AvgIpc) is 2.31. The number of amides is 1. The monoisotopic (exact) mass is 254 g/mol. The molecule has 100 valence electrons. The summed E-state index contributed by atoms with van der Waals surface area (Å²) in [6.45, 7) is 3.09. The number of carbonyl (C=O) groups is 1. The van der Waals surface area contributed by atoms with Crippen LogP contribution in [0, 0.1) is 0 Å². The molecular weight excluding hydrogens is 236 g/mol. The van der Waals surface area contributed by atoms with Crippen molar-refractivity contribution in [1.29, 1.82) is 0 Å². The van der Waals surface area contributed by atoms with Gasteiger partial charge in [0, 0.05) is 25.2 Å². The van der Waals surface area contributed by atoms with Crippen LogP contribution in [0.3, 0.4) is 0 Å². The van der Waals surface area contributed by atoms with Crippen LogP contribution < -0.4 is 10.6 Å². The van der Waals surface area contributed by atoms with E-state index in [-0.39, 0.29) is 23.0 Å². The summed E-state index contributed by atoms with van der Waals surface area (Å²) >= 11 is 0. The number of rotatable bonds is 6. The van der Waals surface area contributed by atoms with Crippen molar-refractivity contribution in [2.45, 2.75) is 13.0 Å². The van der Waals surface area contributed by atoms with Gasteiger partial charge in [-0.2, -0.15) is 0 Å². The molecule has 0 aliphatic rings. The maximum Gasteiger partial charge on any atom is 0.251 e. The van der Waals surface area contributed by atoms with Crippen molar-refractivity contribution in [1.82, 2.24) is 10.6 Å². The van der Waals surface area contributed by atoms with Gasteiger partial charge in [-0.25, -0.2) is 0 Å². The Morgan fingerprint density at radius 2 is 2.00 bits per heavy atom. The summed E-state index contributed by atoms with van der Waals surface area (Å²) in [6, 6.07) is 3.89. The molecule has 6 heteroatoms. The van der Waals surface area contributed by atoms with Crippen LogP contribution in [-0.4, -0.2) is 47.0 Å². The van der Waals surface area contributed by atoms with Crippen LogP contribution in [0.4, 0.5) is 0 Å². The Hall–Kier alpha value is -1.79. The summed E-state index contributed by atoms with van der Waals surface area (Å²) in [5.74, 6) is -0.913. The first-order valence-corrected chi connectivity index (χ1v) is 5.69. The highest BCUT2D eigenvalue weighted by Gasteiger charge is 2.07. The number of hydrogen-bond donors (Lipinski definition) is 5. The third-order valence-electron chi connectivity index (χ3n) is 2.26. The van der Waals surface area contributed by atoms with E-state index in [1.54, 1.807) is 6.92 Å². The molecule has 1 aromatic rings. The van der Waals surface area contributed by atoms with E-state index in [2.05, 4.69) is 10.6 Å². The van der Waals surface area contributed by atoms with Crippen molar-refractivity contribution in [3.05, 3.63) is 23.8 Å². The number of aromatic hydroxyl groups is 2. The Morgan fingerprint density at radius 3 is 2.61 bits per heavy atom. The summed E-state index contributed by atoms with van der Waals surface area (Å²) in [6.07, 6.45) is -0.422. The number of phenols is 2. The molecule has 0 bridgehead atoms. The van der Waals surface area contributed by atoms with Crippen molar-refractivity contribution in [3.63, 3.8) is 0 Å². The highest BCUT2D eigenvalue weighted by Crippen LogP contribution is 2.24. The van der Waals surface area contributed by atoms with Crippen LogP contribution in [0.15, 0.2) is 18.2 Å². The fourth-order valence-corrected chi connectivity index (χ4v) is 1.34. The molecule has 0 fully saturated rings. The van der Waals surface area contributed by atoms with Gasteiger partial charge in [-0.05, 0) is 25.1 Å². The zero-order valence-corrected chi connectivity index (χ0v) is 10.2. The first kappa shape index (κ1) is 14.3. The van der Waals surface area contributed by atoms with Crippen LogP contribution in [0.5, 0.6) is 11.5 Å². The minimum atomic E-state index is -0.422. The van der Waals surface area contributed by atoms with Crippen LogP contribution in [0.2, 0.25) is 0 Å².